The van der Waals surface area contributed by atoms with E-state index in [1.54, 1.807) is 26.0 Å². The van der Waals surface area contributed by atoms with Crippen LogP contribution in [0, 0.1) is 23.7 Å². The summed E-state index contributed by atoms with van der Waals surface area (Å²) in [6.45, 7) is 3.25. The fourth-order valence-corrected chi connectivity index (χ4v) is 5.08. The molecule has 2 bridgehead atoms. The number of halogens is 1. The maximum absolute atomic E-state index is 12.7. The SMILES string of the molecule is COc1cc(C=NN2C(=O)C3C4C=CC(C4)C3C2=O)cc(Br)c1OCC(=O)OC(C)C. The first-order valence-corrected chi connectivity index (χ1v) is 10.9. The Morgan fingerprint density at radius 2 is 1.87 bits per heavy atom. The molecule has 0 radical (unpaired) electrons. The summed E-state index contributed by atoms with van der Waals surface area (Å²) in [5, 5.41) is 5.17. The molecule has 31 heavy (non-hydrogen) atoms. The number of carbonyl (C=O) groups is 3. The van der Waals surface area contributed by atoms with Gasteiger partial charge in [-0.15, -0.1) is 0 Å². The summed E-state index contributed by atoms with van der Waals surface area (Å²) in [5.74, 6) is -0.564. The summed E-state index contributed by atoms with van der Waals surface area (Å²) < 4.78 is 16.5. The number of nitrogens with zero attached hydrogens (tertiary/aromatic N) is 2. The maximum atomic E-state index is 12.7. The van der Waals surface area contributed by atoms with E-state index in [-0.39, 0.29) is 48.2 Å². The van der Waals surface area contributed by atoms with Crippen LogP contribution in [0.5, 0.6) is 11.5 Å². The van der Waals surface area contributed by atoms with Crippen molar-refractivity contribution in [1.29, 1.82) is 0 Å². The third kappa shape index (κ3) is 3.98. The summed E-state index contributed by atoms with van der Waals surface area (Å²) in [5.41, 5.74) is 0.597. The Hall–Kier alpha value is -2.68. The molecule has 0 aromatic heterocycles. The number of allylic oxidation sites excluding steroid dienone is 2. The van der Waals surface area contributed by atoms with Crippen LogP contribution < -0.4 is 9.47 Å². The number of fused-ring (bicyclic) bond motifs is 5. The maximum Gasteiger partial charge on any atom is 0.344 e. The van der Waals surface area contributed by atoms with Crippen LogP contribution in [0.25, 0.3) is 0 Å². The van der Waals surface area contributed by atoms with Crippen molar-refractivity contribution in [2.75, 3.05) is 13.7 Å². The quantitative estimate of drug-likeness (QED) is 0.252. The first-order chi connectivity index (χ1) is 14.8. The van der Waals surface area contributed by atoms with E-state index in [2.05, 4.69) is 21.0 Å². The van der Waals surface area contributed by atoms with Crippen LogP contribution in [0.15, 0.2) is 33.9 Å². The smallest absolute Gasteiger partial charge is 0.344 e. The summed E-state index contributed by atoms with van der Waals surface area (Å²) in [6, 6.07) is 3.35. The molecule has 0 N–H and O–H groups in total. The van der Waals surface area contributed by atoms with Crippen LogP contribution in [-0.4, -0.2) is 48.8 Å². The predicted molar refractivity (Wildman–Crippen MR) is 115 cm³/mol. The average Bonchev–Trinajstić information content (AvgIpc) is 3.39. The molecule has 1 aromatic rings. The first kappa shape index (κ1) is 21.5. The fraction of sp³-hybridized carbons (Fsp3) is 0.455. The summed E-state index contributed by atoms with van der Waals surface area (Å²) >= 11 is 3.41. The summed E-state index contributed by atoms with van der Waals surface area (Å²) in [4.78, 5) is 37.2. The van der Waals surface area contributed by atoms with Gasteiger partial charge >= 0.3 is 5.97 Å². The van der Waals surface area contributed by atoms with Crippen molar-refractivity contribution in [1.82, 2.24) is 5.01 Å². The molecular weight excluding hydrogens is 468 g/mol. The van der Waals surface area contributed by atoms with Gasteiger partial charge in [-0.1, -0.05) is 12.2 Å². The van der Waals surface area contributed by atoms with Gasteiger partial charge in [0.05, 0.1) is 35.7 Å². The van der Waals surface area contributed by atoms with E-state index in [1.807, 2.05) is 12.2 Å². The van der Waals surface area contributed by atoms with E-state index in [0.29, 0.717) is 21.5 Å². The van der Waals surface area contributed by atoms with Crippen LogP contribution in [0.2, 0.25) is 0 Å². The zero-order chi connectivity index (χ0) is 22.3. The van der Waals surface area contributed by atoms with E-state index in [4.69, 9.17) is 14.2 Å². The molecule has 1 aromatic carbocycles. The third-order valence-corrected chi connectivity index (χ3v) is 6.31. The number of esters is 1. The highest BCUT2D eigenvalue weighted by Crippen LogP contribution is 2.52. The van der Waals surface area contributed by atoms with Gasteiger partial charge in [0.15, 0.2) is 18.1 Å². The number of imide groups is 1. The second-order valence-corrected chi connectivity index (χ2v) is 8.95. The number of hydrogen-bond acceptors (Lipinski definition) is 7. The number of ether oxygens (including phenoxy) is 3. The first-order valence-electron chi connectivity index (χ1n) is 10.1. The molecule has 1 saturated heterocycles. The summed E-state index contributed by atoms with van der Waals surface area (Å²) in [6.07, 6.45) is 6.17. The molecule has 1 saturated carbocycles. The average molecular weight is 491 g/mol. The minimum Gasteiger partial charge on any atom is -0.493 e. The minimum atomic E-state index is -0.491. The lowest BCUT2D eigenvalue weighted by atomic mass is 9.85. The van der Waals surface area contributed by atoms with Gasteiger partial charge in [-0.3, -0.25) is 9.59 Å². The molecule has 164 valence electrons. The number of rotatable bonds is 7. The molecule has 3 aliphatic rings. The number of hydrazone groups is 1. The minimum absolute atomic E-state index is 0.139. The van der Waals surface area contributed by atoms with Gasteiger partial charge < -0.3 is 14.2 Å². The van der Waals surface area contributed by atoms with Gasteiger partial charge in [0.25, 0.3) is 11.8 Å². The molecular formula is C22H23BrN2O6. The van der Waals surface area contributed by atoms with E-state index in [0.717, 1.165) is 11.4 Å². The number of methoxy groups -OCH3 is 1. The van der Waals surface area contributed by atoms with Crippen molar-refractivity contribution in [3.05, 3.63) is 34.3 Å². The Morgan fingerprint density at radius 3 is 2.45 bits per heavy atom. The van der Waals surface area contributed by atoms with Crippen molar-refractivity contribution in [3.8, 4) is 11.5 Å². The van der Waals surface area contributed by atoms with Gasteiger partial charge in [0.2, 0.25) is 0 Å². The molecule has 0 spiro atoms. The lowest BCUT2D eigenvalue weighted by Gasteiger charge is -2.14. The zero-order valence-electron chi connectivity index (χ0n) is 17.4. The molecule has 1 heterocycles. The molecule has 8 nitrogen and oxygen atoms in total. The van der Waals surface area contributed by atoms with Gasteiger partial charge in [-0.2, -0.15) is 10.1 Å². The highest BCUT2D eigenvalue weighted by molar-refractivity contribution is 9.10. The Bertz CT molecular complexity index is 958. The van der Waals surface area contributed by atoms with E-state index in [9.17, 15) is 14.4 Å². The molecule has 2 amide bonds. The van der Waals surface area contributed by atoms with E-state index in [1.165, 1.54) is 13.3 Å². The highest BCUT2D eigenvalue weighted by Gasteiger charge is 2.59. The standard InChI is InChI=1S/C22H23BrN2O6/c1-11(2)31-17(26)10-30-20-15(23)6-12(7-16(20)29-3)9-24-25-21(27)18-13-4-5-14(8-13)19(18)22(25)28/h4-7,9,11,13-14,18-19H,8,10H2,1-3H3. The van der Waals surface area contributed by atoms with Crippen molar-refractivity contribution < 1.29 is 28.6 Å². The summed E-state index contributed by atoms with van der Waals surface area (Å²) in [7, 11) is 1.47. The Balaban J connectivity index is 1.48. The van der Waals surface area contributed by atoms with Crippen LogP contribution in [0.1, 0.15) is 25.8 Å². The highest BCUT2D eigenvalue weighted by atomic mass is 79.9. The van der Waals surface area contributed by atoms with Crippen LogP contribution in [-0.2, 0) is 19.1 Å². The number of benzene rings is 1. The Labute approximate surface area is 188 Å². The second kappa shape index (κ2) is 8.45. The molecule has 9 heteroatoms. The van der Waals surface area contributed by atoms with Gasteiger partial charge in [0, 0.05) is 0 Å². The van der Waals surface area contributed by atoms with Crippen LogP contribution >= 0.6 is 15.9 Å². The number of amides is 2. The molecule has 1 aliphatic heterocycles. The molecule has 4 rings (SSSR count). The van der Waals surface area contributed by atoms with Gasteiger partial charge in [0.1, 0.15) is 0 Å². The Kier molecular flexibility index (Phi) is 5.88. The Morgan fingerprint density at radius 1 is 1.23 bits per heavy atom. The van der Waals surface area contributed by atoms with E-state index >= 15 is 0 Å². The van der Waals surface area contributed by atoms with Crippen LogP contribution in [0.4, 0.5) is 0 Å². The van der Waals surface area contributed by atoms with Crippen molar-refractivity contribution in [2.45, 2.75) is 26.4 Å². The van der Waals surface area contributed by atoms with Gasteiger partial charge in [-0.25, -0.2) is 4.79 Å². The molecule has 4 atom stereocenters. The topological polar surface area (TPSA) is 94.5 Å². The number of carbonyl (C=O) groups excluding carboxylic acids is 3. The zero-order valence-corrected chi connectivity index (χ0v) is 19.0. The molecule has 2 aliphatic carbocycles. The molecule has 2 fully saturated rings. The second-order valence-electron chi connectivity index (χ2n) is 8.09. The largest absolute Gasteiger partial charge is 0.493 e. The fourth-order valence-electron chi connectivity index (χ4n) is 4.51. The predicted octanol–water partition coefficient (Wildman–Crippen LogP) is 2.93. The third-order valence-electron chi connectivity index (χ3n) is 5.72. The normalized spacial score (nSPS) is 26.3. The van der Waals surface area contributed by atoms with Crippen molar-refractivity contribution >= 4 is 39.9 Å². The van der Waals surface area contributed by atoms with Crippen molar-refractivity contribution in [2.24, 2.45) is 28.8 Å². The van der Waals surface area contributed by atoms with Crippen LogP contribution in [0.3, 0.4) is 0 Å². The lowest BCUT2D eigenvalue weighted by molar-refractivity contribution is -0.149. The lowest BCUT2D eigenvalue weighted by Crippen LogP contribution is -2.28. The van der Waals surface area contributed by atoms with Crippen molar-refractivity contribution in [3.63, 3.8) is 0 Å². The van der Waals surface area contributed by atoms with Gasteiger partial charge in [-0.05, 0) is 65.7 Å². The molecule has 4 unspecified atom stereocenters. The van der Waals surface area contributed by atoms with E-state index < -0.39 is 5.97 Å². The number of hydrogen-bond donors (Lipinski definition) is 0. The monoisotopic (exact) mass is 490 g/mol.